The van der Waals surface area contributed by atoms with Gasteiger partial charge in [0.1, 0.15) is 5.82 Å². The van der Waals surface area contributed by atoms with Gasteiger partial charge >= 0.3 is 0 Å². The van der Waals surface area contributed by atoms with Crippen molar-refractivity contribution in [2.75, 3.05) is 5.73 Å². The number of aromatic nitrogens is 2. The lowest BCUT2D eigenvalue weighted by Gasteiger charge is -2.04. The van der Waals surface area contributed by atoms with Crippen LogP contribution in [0.5, 0.6) is 0 Å². The summed E-state index contributed by atoms with van der Waals surface area (Å²) in [6, 6.07) is 7.28. The van der Waals surface area contributed by atoms with Crippen molar-refractivity contribution in [1.82, 2.24) is 9.97 Å². The third kappa shape index (κ3) is 1.82. The van der Waals surface area contributed by atoms with E-state index in [1.54, 1.807) is 19.1 Å². The molecule has 0 spiro atoms. The number of hydrogen-bond donors (Lipinski definition) is 2. The van der Waals surface area contributed by atoms with Crippen molar-refractivity contribution in [3.8, 4) is 11.4 Å². The summed E-state index contributed by atoms with van der Waals surface area (Å²) in [5, 5.41) is 0. The van der Waals surface area contributed by atoms with Gasteiger partial charge < -0.3 is 10.7 Å². The highest BCUT2D eigenvalue weighted by Crippen LogP contribution is 2.16. The van der Waals surface area contributed by atoms with E-state index in [4.69, 9.17) is 5.73 Å². The summed E-state index contributed by atoms with van der Waals surface area (Å²) in [5.41, 5.74) is 8.43. The van der Waals surface area contributed by atoms with Gasteiger partial charge in [0.25, 0.3) is 5.56 Å². The number of aromatic amines is 1. The van der Waals surface area contributed by atoms with Crippen LogP contribution < -0.4 is 11.3 Å². The molecule has 2 rings (SSSR count). The zero-order valence-electron chi connectivity index (χ0n) is 9.24. The third-order valence-corrected chi connectivity index (χ3v) is 2.55. The second kappa shape index (κ2) is 3.81. The molecule has 0 aliphatic rings. The largest absolute Gasteiger partial charge is 0.399 e. The SMILES string of the molecule is Cc1nc(-c2cccc(N)c2)[nH]c(=O)c1C. The van der Waals surface area contributed by atoms with Crippen LogP contribution in [0.3, 0.4) is 0 Å². The van der Waals surface area contributed by atoms with Gasteiger partial charge in [-0.15, -0.1) is 0 Å². The van der Waals surface area contributed by atoms with Gasteiger partial charge in [-0.3, -0.25) is 4.79 Å². The summed E-state index contributed by atoms with van der Waals surface area (Å²) in [6.45, 7) is 3.57. The fourth-order valence-corrected chi connectivity index (χ4v) is 1.47. The van der Waals surface area contributed by atoms with Crippen LogP contribution in [0.15, 0.2) is 29.1 Å². The molecule has 3 N–H and O–H groups in total. The summed E-state index contributed by atoms with van der Waals surface area (Å²) in [6.07, 6.45) is 0. The molecule has 0 fully saturated rings. The number of nitrogens with two attached hydrogens (primary N) is 1. The van der Waals surface area contributed by atoms with Gasteiger partial charge in [0.15, 0.2) is 0 Å². The molecule has 0 aliphatic heterocycles. The summed E-state index contributed by atoms with van der Waals surface area (Å²) < 4.78 is 0. The zero-order chi connectivity index (χ0) is 11.7. The minimum atomic E-state index is -0.107. The first-order valence-corrected chi connectivity index (χ1v) is 5.01. The molecule has 0 amide bonds. The van der Waals surface area contributed by atoms with Crippen LogP contribution in [0, 0.1) is 13.8 Å². The van der Waals surface area contributed by atoms with Crippen LogP contribution >= 0.6 is 0 Å². The predicted molar refractivity (Wildman–Crippen MR) is 64.2 cm³/mol. The molecular formula is C12H13N3O. The number of rotatable bonds is 1. The number of nitrogens with one attached hydrogen (secondary N) is 1. The molecule has 0 atom stereocenters. The normalized spacial score (nSPS) is 10.4. The Kier molecular flexibility index (Phi) is 2.48. The Hall–Kier alpha value is -2.10. The molecule has 2 aromatic rings. The molecule has 0 aliphatic carbocycles. The van der Waals surface area contributed by atoms with E-state index >= 15 is 0 Å². The first-order valence-electron chi connectivity index (χ1n) is 5.01. The first kappa shape index (κ1) is 10.4. The fraction of sp³-hybridized carbons (Fsp3) is 0.167. The van der Waals surface area contributed by atoms with Crippen molar-refractivity contribution in [1.29, 1.82) is 0 Å². The first-order chi connectivity index (χ1) is 7.58. The summed E-state index contributed by atoms with van der Waals surface area (Å²) in [7, 11) is 0. The molecule has 0 unspecified atom stereocenters. The van der Waals surface area contributed by atoms with Gasteiger partial charge in [-0.25, -0.2) is 4.98 Å². The molecular weight excluding hydrogens is 202 g/mol. The molecule has 1 heterocycles. The van der Waals surface area contributed by atoms with Crippen molar-refractivity contribution in [2.24, 2.45) is 0 Å². The van der Waals surface area contributed by atoms with E-state index in [1.165, 1.54) is 0 Å². The van der Waals surface area contributed by atoms with Gasteiger partial charge in [-0.2, -0.15) is 0 Å². The highest BCUT2D eigenvalue weighted by Gasteiger charge is 2.05. The Morgan fingerprint density at radius 2 is 2.06 bits per heavy atom. The van der Waals surface area contributed by atoms with E-state index in [1.807, 2.05) is 19.1 Å². The molecule has 16 heavy (non-hydrogen) atoms. The number of anilines is 1. The van der Waals surface area contributed by atoms with Crippen LogP contribution in [0.4, 0.5) is 5.69 Å². The van der Waals surface area contributed by atoms with Gasteiger partial charge in [-0.1, -0.05) is 12.1 Å². The monoisotopic (exact) mass is 215 g/mol. The quantitative estimate of drug-likeness (QED) is 0.710. The highest BCUT2D eigenvalue weighted by molar-refractivity contribution is 5.60. The van der Waals surface area contributed by atoms with Crippen molar-refractivity contribution >= 4 is 5.69 Å². The molecule has 1 aromatic heterocycles. The van der Waals surface area contributed by atoms with E-state index in [9.17, 15) is 4.79 Å². The third-order valence-electron chi connectivity index (χ3n) is 2.55. The molecule has 0 bridgehead atoms. The smallest absolute Gasteiger partial charge is 0.254 e. The number of nitrogens with zero attached hydrogens (tertiary/aromatic N) is 1. The Labute approximate surface area is 93.2 Å². The average Bonchev–Trinajstić information content (AvgIpc) is 2.25. The van der Waals surface area contributed by atoms with Crippen LogP contribution in [-0.2, 0) is 0 Å². The predicted octanol–water partition coefficient (Wildman–Crippen LogP) is 1.64. The maximum absolute atomic E-state index is 11.6. The topological polar surface area (TPSA) is 71.8 Å². The summed E-state index contributed by atoms with van der Waals surface area (Å²) in [4.78, 5) is 18.7. The number of nitrogen functional groups attached to an aromatic ring is 1. The summed E-state index contributed by atoms with van der Waals surface area (Å²) in [5.74, 6) is 0.556. The van der Waals surface area contributed by atoms with Crippen molar-refractivity contribution < 1.29 is 0 Å². The molecule has 0 saturated carbocycles. The molecule has 4 nitrogen and oxygen atoms in total. The number of benzene rings is 1. The van der Waals surface area contributed by atoms with Crippen molar-refractivity contribution in [3.63, 3.8) is 0 Å². The Balaban J connectivity index is 2.61. The van der Waals surface area contributed by atoms with E-state index in [-0.39, 0.29) is 5.56 Å². The number of H-pyrrole nitrogens is 1. The molecule has 1 aromatic carbocycles. The second-order valence-electron chi connectivity index (χ2n) is 3.75. The van der Waals surface area contributed by atoms with Crippen molar-refractivity contribution in [3.05, 3.63) is 45.9 Å². The number of aryl methyl sites for hydroxylation is 1. The van der Waals surface area contributed by atoms with Crippen LogP contribution in [0.2, 0.25) is 0 Å². The standard InChI is InChI=1S/C12H13N3O/c1-7-8(2)14-11(15-12(7)16)9-4-3-5-10(13)6-9/h3-6H,13H2,1-2H3,(H,14,15,16). The van der Waals surface area contributed by atoms with Gasteiger partial charge in [0.05, 0.1) is 0 Å². The average molecular weight is 215 g/mol. The Bertz CT molecular complexity index is 587. The summed E-state index contributed by atoms with van der Waals surface area (Å²) >= 11 is 0. The minimum Gasteiger partial charge on any atom is -0.399 e. The van der Waals surface area contributed by atoms with Crippen LogP contribution in [0.1, 0.15) is 11.3 Å². The molecule has 82 valence electrons. The molecule has 0 saturated heterocycles. The lowest BCUT2D eigenvalue weighted by atomic mass is 10.2. The van der Waals surface area contributed by atoms with Crippen molar-refractivity contribution in [2.45, 2.75) is 13.8 Å². The zero-order valence-corrected chi connectivity index (χ0v) is 9.24. The second-order valence-corrected chi connectivity index (χ2v) is 3.75. The van der Waals surface area contributed by atoms with E-state index in [2.05, 4.69) is 9.97 Å². The number of hydrogen-bond acceptors (Lipinski definition) is 3. The Morgan fingerprint density at radius 1 is 1.31 bits per heavy atom. The highest BCUT2D eigenvalue weighted by atomic mass is 16.1. The lowest BCUT2D eigenvalue weighted by Crippen LogP contribution is -2.14. The van der Waals surface area contributed by atoms with Crippen LogP contribution in [-0.4, -0.2) is 9.97 Å². The molecule has 0 radical (unpaired) electrons. The van der Waals surface area contributed by atoms with E-state index < -0.39 is 0 Å². The maximum atomic E-state index is 11.6. The van der Waals surface area contributed by atoms with Gasteiger partial charge in [-0.05, 0) is 26.0 Å². The fourth-order valence-electron chi connectivity index (χ4n) is 1.47. The van der Waals surface area contributed by atoms with E-state index in [0.29, 0.717) is 17.1 Å². The van der Waals surface area contributed by atoms with Gasteiger partial charge in [0.2, 0.25) is 0 Å². The van der Waals surface area contributed by atoms with Gasteiger partial charge in [0, 0.05) is 22.5 Å². The van der Waals surface area contributed by atoms with E-state index in [0.717, 1.165) is 11.3 Å². The van der Waals surface area contributed by atoms with Crippen LogP contribution in [0.25, 0.3) is 11.4 Å². The lowest BCUT2D eigenvalue weighted by molar-refractivity contribution is 1.03. The minimum absolute atomic E-state index is 0.107. The molecule has 4 heteroatoms. The Morgan fingerprint density at radius 3 is 2.69 bits per heavy atom. The maximum Gasteiger partial charge on any atom is 0.254 e.